The summed E-state index contributed by atoms with van der Waals surface area (Å²) in [6.07, 6.45) is 0.998. The van der Waals surface area contributed by atoms with Gasteiger partial charge in [-0.1, -0.05) is 37.3 Å². The van der Waals surface area contributed by atoms with Crippen LogP contribution in [-0.4, -0.2) is 60.4 Å². The van der Waals surface area contributed by atoms with Gasteiger partial charge in [0.05, 0.1) is 18.6 Å². The molecule has 0 bridgehead atoms. The van der Waals surface area contributed by atoms with Crippen molar-refractivity contribution < 1.29 is 14.0 Å². The first kappa shape index (κ1) is 23.9. The van der Waals surface area contributed by atoms with Gasteiger partial charge < -0.3 is 10.6 Å². The van der Waals surface area contributed by atoms with Crippen LogP contribution in [0.2, 0.25) is 0 Å². The Hall–Kier alpha value is -2.77. The van der Waals surface area contributed by atoms with Gasteiger partial charge in [0, 0.05) is 31.9 Å². The van der Waals surface area contributed by atoms with Crippen LogP contribution in [0, 0.1) is 5.82 Å². The maximum absolute atomic E-state index is 13.3. The Kier molecular flexibility index (Phi) is 8.36. The number of nitrogens with zero attached hydrogens (tertiary/aromatic N) is 2. The molecule has 32 heavy (non-hydrogen) atoms. The molecule has 6 nitrogen and oxygen atoms in total. The van der Waals surface area contributed by atoms with E-state index in [-0.39, 0.29) is 29.7 Å². The van der Waals surface area contributed by atoms with E-state index in [0.29, 0.717) is 38.4 Å². The molecule has 2 unspecified atom stereocenters. The molecule has 1 saturated heterocycles. The Morgan fingerprint density at radius 1 is 1.03 bits per heavy atom. The standard InChI is InChI=1S/C25H33FN4O2/c1-4-20-8-10-21(11-9-20)18(2)27-24(31)17-29-12-14-30(15-13-29)19(3)25(32)28-23-7-5-6-22(26)16-23/h5-11,16,18-19H,4,12-15,17H2,1-3H3,(H,27,31)(H,28,32). The summed E-state index contributed by atoms with van der Waals surface area (Å²) in [6, 6.07) is 13.9. The molecule has 1 aliphatic heterocycles. The predicted octanol–water partition coefficient (Wildman–Crippen LogP) is 3.21. The molecule has 0 saturated carbocycles. The topological polar surface area (TPSA) is 64.7 Å². The van der Waals surface area contributed by atoms with Crippen molar-refractivity contribution in [1.82, 2.24) is 15.1 Å². The fourth-order valence-electron chi connectivity index (χ4n) is 3.90. The van der Waals surface area contributed by atoms with Crippen LogP contribution >= 0.6 is 0 Å². The maximum atomic E-state index is 13.3. The van der Waals surface area contributed by atoms with Gasteiger partial charge in [0.15, 0.2) is 0 Å². The number of benzene rings is 2. The average Bonchev–Trinajstić information content (AvgIpc) is 2.79. The molecule has 0 spiro atoms. The SMILES string of the molecule is CCc1ccc(C(C)NC(=O)CN2CCN(C(C)C(=O)Nc3cccc(F)c3)CC2)cc1. The van der Waals surface area contributed by atoms with Crippen LogP contribution in [0.3, 0.4) is 0 Å². The molecule has 172 valence electrons. The number of aryl methyl sites for hydroxylation is 1. The molecule has 2 aromatic carbocycles. The van der Waals surface area contributed by atoms with E-state index in [2.05, 4.69) is 51.6 Å². The Bertz CT molecular complexity index is 910. The van der Waals surface area contributed by atoms with Crippen molar-refractivity contribution in [2.45, 2.75) is 39.3 Å². The zero-order valence-corrected chi connectivity index (χ0v) is 19.1. The van der Waals surface area contributed by atoms with Crippen LogP contribution in [0.5, 0.6) is 0 Å². The predicted molar refractivity (Wildman–Crippen MR) is 125 cm³/mol. The van der Waals surface area contributed by atoms with Crippen molar-refractivity contribution in [3.8, 4) is 0 Å². The molecular formula is C25H33FN4O2. The van der Waals surface area contributed by atoms with Gasteiger partial charge >= 0.3 is 0 Å². The van der Waals surface area contributed by atoms with E-state index < -0.39 is 0 Å². The van der Waals surface area contributed by atoms with Gasteiger partial charge in [-0.3, -0.25) is 19.4 Å². The molecule has 0 aliphatic carbocycles. The molecule has 7 heteroatoms. The van der Waals surface area contributed by atoms with Crippen LogP contribution in [0.15, 0.2) is 48.5 Å². The molecule has 1 heterocycles. The van der Waals surface area contributed by atoms with Gasteiger partial charge in [0.25, 0.3) is 0 Å². The largest absolute Gasteiger partial charge is 0.348 e. The third-order valence-corrected chi connectivity index (χ3v) is 6.06. The van der Waals surface area contributed by atoms with Gasteiger partial charge in [-0.05, 0) is 49.6 Å². The summed E-state index contributed by atoms with van der Waals surface area (Å²) in [5.74, 6) is -0.540. The van der Waals surface area contributed by atoms with Crippen molar-refractivity contribution >= 4 is 17.5 Å². The van der Waals surface area contributed by atoms with Gasteiger partial charge in [-0.2, -0.15) is 0 Å². The normalized spacial score (nSPS) is 16.9. The first-order valence-electron chi connectivity index (χ1n) is 11.3. The summed E-state index contributed by atoms with van der Waals surface area (Å²) in [6.45, 7) is 9.12. The number of amides is 2. The third kappa shape index (κ3) is 6.61. The molecule has 1 aliphatic rings. The highest BCUT2D eigenvalue weighted by Gasteiger charge is 2.26. The second kappa shape index (κ2) is 11.2. The summed E-state index contributed by atoms with van der Waals surface area (Å²) in [7, 11) is 0. The maximum Gasteiger partial charge on any atom is 0.241 e. The molecule has 0 aromatic heterocycles. The molecular weight excluding hydrogens is 407 g/mol. The van der Waals surface area contributed by atoms with E-state index in [9.17, 15) is 14.0 Å². The fourth-order valence-corrected chi connectivity index (χ4v) is 3.90. The highest BCUT2D eigenvalue weighted by molar-refractivity contribution is 5.94. The Morgan fingerprint density at radius 2 is 1.72 bits per heavy atom. The van der Waals surface area contributed by atoms with Crippen LogP contribution in [0.25, 0.3) is 0 Å². The molecule has 2 N–H and O–H groups in total. The summed E-state index contributed by atoms with van der Waals surface area (Å²) in [4.78, 5) is 29.2. The number of anilines is 1. The van der Waals surface area contributed by atoms with E-state index >= 15 is 0 Å². The highest BCUT2D eigenvalue weighted by Crippen LogP contribution is 2.15. The monoisotopic (exact) mass is 440 g/mol. The number of halogens is 1. The molecule has 2 amide bonds. The second-order valence-corrected chi connectivity index (χ2v) is 8.37. The number of hydrogen-bond donors (Lipinski definition) is 2. The third-order valence-electron chi connectivity index (χ3n) is 6.06. The summed E-state index contributed by atoms with van der Waals surface area (Å²) < 4.78 is 13.3. The number of nitrogens with one attached hydrogen (secondary N) is 2. The minimum Gasteiger partial charge on any atom is -0.348 e. The first-order valence-corrected chi connectivity index (χ1v) is 11.3. The lowest BCUT2D eigenvalue weighted by Crippen LogP contribution is -2.54. The van der Waals surface area contributed by atoms with E-state index in [1.807, 2.05) is 13.8 Å². The lowest BCUT2D eigenvalue weighted by atomic mass is 10.0. The quantitative estimate of drug-likeness (QED) is 0.662. The number of carbonyl (C=O) groups excluding carboxylic acids is 2. The second-order valence-electron chi connectivity index (χ2n) is 8.37. The number of rotatable bonds is 8. The zero-order valence-electron chi connectivity index (χ0n) is 19.1. The van der Waals surface area contributed by atoms with E-state index in [4.69, 9.17) is 0 Å². The van der Waals surface area contributed by atoms with E-state index in [1.165, 1.54) is 17.7 Å². The van der Waals surface area contributed by atoms with Gasteiger partial charge in [-0.25, -0.2) is 4.39 Å². The van der Waals surface area contributed by atoms with Crippen LogP contribution < -0.4 is 10.6 Å². The van der Waals surface area contributed by atoms with Crippen molar-refractivity contribution in [1.29, 1.82) is 0 Å². The molecule has 0 radical (unpaired) electrons. The Balaban J connectivity index is 1.42. The molecule has 3 rings (SSSR count). The van der Waals surface area contributed by atoms with Crippen LogP contribution in [-0.2, 0) is 16.0 Å². The summed E-state index contributed by atoms with van der Waals surface area (Å²) >= 11 is 0. The Labute approximate surface area is 189 Å². The number of piperazine rings is 1. The minimum absolute atomic E-state index is 0.00224. The Morgan fingerprint density at radius 3 is 2.34 bits per heavy atom. The molecule has 2 aromatic rings. The van der Waals surface area contributed by atoms with Crippen molar-refractivity contribution in [2.75, 3.05) is 38.0 Å². The van der Waals surface area contributed by atoms with Gasteiger partial charge in [0.2, 0.25) is 11.8 Å². The summed E-state index contributed by atoms with van der Waals surface area (Å²) in [5, 5.41) is 5.85. The van der Waals surface area contributed by atoms with Crippen molar-refractivity contribution in [3.05, 3.63) is 65.5 Å². The van der Waals surface area contributed by atoms with Crippen LogP contribution in [0.1, 0.15) is 37.9 Å². The van der Waals surface area contributed by atoms with Gasteiger partial charge in [0.1, 0.15) is 5.82 Å². The number of hydrogen-bond acceptors (Lipinski definition) is 4. The van der Waals surface area contributed by atoms with E-state index in [1.54, 1.807) is 12.1 Å². The van der Waals surface area contributed by atoms with E-state index in [0.717, 1.165) is 12.0 Å². The van der Waals surface area contributed by atoms with Crippen LogP contribution in [0.4, 0.5) is 10.1 Å². The molecule has 2 atom stereocenters. The lowest BCUT2D eigenvalue weighted by Gasteiger charge is -2.37. The highest BCUT2D eigenvalue weighted by atomic mass is 19.1. The van der Waals surface area contributed by atoms with Crippen molar-refractivity contribution in [3.63, 3.8) is 0 Å². The van der Waals surface area contributed by atoms with Gasteiger partial charge in [-0.15, -0.1) is 0 Å². The van der Waals surface area contributed by atoms with Crippen molar-refractivity contribution in [2.24, 2.45) is 0 Å². The smallest absolute Gasteiger partial charge is 0.241 e. The average molecular weight is 441 g/mol. The summed E-state index contributed by atoms with van der Waals surface area (Å²) in [5.41, 5.74) is 2.83. The number of carbonyl (C=O) groups is 2. The molecule has 1 fully saturated rings. The first-order chi connectivity index (χ1) is 15.4. The zero-order chi connectivity index (χ0) is 23.1. The minimum atomic E-state index is -0.380. The fraction of sp³-hybridized carbons (Fsp3) is 0.440. The lowest BCUT2D eigenvalue weighted by molar-refractivity contribution is -0.125.